The number of hydrogen-bond donors (Lipinski definition) is 1. The van der Waals surface area contributed by atoms with E-state index in [9.17, 15) is 0 Å². The van der Waals surface area contributed by atoms with Crippen LogP contribution < -0.4 is 5.73 Å². The van der Waals surface area contributed by atoms with Gasteiger partial charge >= 0.3 is 0 Å². The highest BCUT2D eigenvalue weighted by Crippen LogP contribution is 2.32. The van der Waals surface area contributed by atoms with Gasteiger partial charge in [-0.15, -0.1) is 0 Å². The van der Waals surface area contributed by atoms with Crippen LogP contribution in [0.15, 0.2) is 0 Å². The highest BCUT2D eigenvalue weighted by Gasteiger charge is 2.34. The molecule has 17 heavy (non-hydrogen) atoms. The first-order valence-electron chi connectivity index (χ1n) is 7.26. The number of likely N-dealkylation sites (tertiary alicyclic amines) is 1. The first kappa shape index (κ1) is 13.3. The lowest BCUT2D eigenvalue weighted by molar-refractivity contribution is -0.00413. The lowest BCUT2D eigenvalue weighted by Crippen LogP contribution is -2.54. The van der Waals surface area contributed by atoms with E-state index in [4.69, 9.17) is 10.5 Å². The normalized spacial score (nSPS) is 40.4. The fourth-order valence-electron chi connectivity index (χ4n) is 3.78. The molecule has 2 rings (SSSR count). The minimum Gasteiger partial charge on any atom is -0.381 e. The van der Waals surface area contributed by atoms with Gasteiger partial charge in [-0.1, -0.05) is 6.42 Å². The highest BCUT2D eigenvalue weighted by atomic mass is 16.5. The van der Waals surface area contributed by atoms with Crippen LogP contribution in [0.1, 0.15) is 51.9 Å². The minimum absolute atomic E-state index is 0.502. The Labute approximate surface area is 106 Å². The van der Waals surface area contributed by atoms with Gasteiger partial charge in [0.1, 0.15) is 0 Å². The number of piperidine rings is 1. The highest BCUT2D eigenvalue weighted by molar-refractivity contribution is 4.90. The molecular weight excluding hydrogens is 212 g/mol. The lowest BCUT2D eigenvalue weighted by atomic mass is 9.86. The average molecular weight is 240 g/mol. The van der Waals surface area contributed by atoms with E-state index < -0.39 is 0 Å². The molecule has 2 N–H and O–H groups in total. The van der Waals surface area contributed by atoms with Crippen LogP contribution >= 0.6 is 0 Å². The second-order valence-electron chi connectivity index (χ2n) is 5.78. The zero-order valence-corrected chi connectivity index (χ0v) is 11.4. The van der Waals surface area contributed by atoms with Gasteiger partial charge in [-0.2, -0.15) is 0 Å². The molecule has 2 fully saturated rings. The molecule has 2 unspecified atom stereocenters. The Morgan fingerprint density at radius 1 is 1.12 bits per heavy atom. The molecule has 3 heteroatoms. The Kier molecular flexibility index (Phi) is 4.83. The van der Waals surface area contributed by atoms with Gasteiger partial charge in [0, 0.05) is 31.8 Å². The smallest absolute Gasteiger partial charge is 0.0572 e. The lowest BCUT2D eigenvalue weighted by Gasteiger charge is -2.47. The summed E-state index contributed by atoms with van der Waals surface area (Å²) >= 11 is 0. The van der Waals surface area contributed by atoms with Crippen molar-refractivity contribution in [3.05, 3.63) is 0 Å². The van der Waals surface area contributed by atoms with Gasteiger partial charge in [0.25, 0.3) is 0 Å². The molecule has 100 valence electrons. The van der Waals surface area contributed by atoms with E-state index in [0.717, 1.165) is 18.6 Å². The van der Waals surface area contributed by atoms with E-state index in [0.29, 0.717) is 12.1 Å². The van der Waals surface area contributed by atoms with Crippen molar-refractivity contribution in [2.24, 2.45) is 5.73 Å². The summed E-state index contributed by atoms with van der Waals surface area (Å²) in [5.74, 6) is 0. The molecule has 1 aliphatic carbocycles. The van der Waals surface area contributed by atoms with Crippen LogP contribution in [0.5, 0.6) is 0 Å². The Morgan fingerprint density at radius 3 is 2.41 bits per heavy atom. The summed E-state index contributed by atoms with van der Waals surface area (Å²) in [5, 5.41) is 0. The van der Waals surface area contributed by atoms with Crippen molar-refractivity contribution < 1.29 is 4.74 Å². The summed E-state index contributed by atoms with van der Waals surface area (Å²) in [7, 11) is 1.84. The predicted molar refractivity (Wildman–Crippen MR) is 71.0 cm³/mol. The van der Waals surface area contributed by atoms with E-state index >= 15 is 0 Å². The van der Waals surface area contributed by atoms with E-state index in [1.807, 2.05) is 7.11 Å². The molecule has 2 atom stereocenters. The molecule has 0 aromatic heterocycles. The number of hydrogen-bond acceptors (Lipinski definition) is 3. The van der Waals surface area contributed by atoms with E-state index in [-0.39, 0.29) is 0 Å². The van der Waals surface area contributed by atoms with Crippen LogP contribution in [0.3, 0.4) is 0 Å². The second-order valence-corrected chi connectivity index (χ2v) is 5.78. The maximum Gasteiger partial charge on any atom is 0.0572 e. The van der Waals surface area contributed by atoms with Crippen LogP contribution in [0.25, 0.3) is 0 Å². The summed E-state index contributed by atoms with van der Waals surface area (Å²) in [6.45, 7) is 3.21. The largest absolute Gasteiger partial charge is 0.381 e. The number of methoxy groups -OCH3 is 1. The Bertz CT molecular complexity index is 226. The SMILES string of the molecule is COC1CCC(N2C(C)CCCC2CN)CC1. The van der Waals surface area contributed by atoms with Gasteiger partial charge in [-0.3, -0.25) is 4.90 Å². The predicted octanol–water partition coefficient (Wildman–Crippen LogP) is 2.15. The molecule has 0 aromatic carbocycles. The van der Waals surface area contributed by atoms with Gasteiger partial charge in [0.15, 0.2) is 0 Å². The number of nitrogens with two attached hydrogens (primary N) is 1. The third-order valence-electron chi connectivity index (χ3n) is 4.76. The maximum absolute atomic E-state index is 5.95. The Balaban J connectivity index is 1.94. The molecule has 3 nitrogen and oxygen atoms in total. The van der Waals surface area contributed by atoms with Crippen LogP contribution in [-0.2, 0) is 4.74 Å². The van der Waals surface area contributed by atoms with Crippen LogP contribution in [0.2, 0.25) is 0 Å². The monoisotopic (exact) mass is 240 g/mol. The molecule has 1 heterocycles. The Hall–Kier alpha value is -0.120. The summed E-state index contributed by atoms with van der Waals surface area (Å²) in [6, 6.07) is 2.11. The van der Waals surface area contributed by atoms with Crippen molar-refractivity contribution in [1.82, 2.24) is 4.90 Å². The quantitative estimate of drug-likeness (QED) is 0.821. The third-order valence-corrected chi connectivity index (χ3v) is 4.76. The standard InChI is InChI=1S/C14H28N2O/c1-11-4-3-5-13(10-15)16(11)12-6-8-14(17-2)9-7-12/h11-14H,3-10,15H2,1-2H3. The summed E-state index contributed by atoms with van der Waals surface area (Å²) in [4.78, 5) is 2.73. The molecule has 0 amide bonds. The summed E-state index contributed by atoms with van der Waals surface area (Å²) in [5.41, 5.74) is 5.95. The number of nitrogens with zero attached hydrogens (tertiary/aromatic N) is 1. The van der Waals surface area contributed by atoms with Crippen molar-refractivity contribution in [3.8, 4) is 0 Å². The summed E-state index contributed by atoms with van der Waals surface area (Å²) < 4.78 is 5.46. The average Bonchev–Trinajstić information content (AvgIpc) is 2.38. The summed E-state index contributed by atoms with van der Waals surface area (Å²) in [6.07, 6.45) is 9.53. The molecule has 0 spiro atoms. The maximum atomic E-state index is 5.95. The molecule has 0 aromatic rings. The molecule has 1 saturated heterocycles. The van der Waals surface area contributed by atoms with Gasteiger partial charge in [0.2, 0.25) is 0 Å². The van der Waals surface area contributed by atoms with Gasteiger partial charge < -0.3 is 10.5 Å². The minimum atomic E-state index is 0.502. The first-order chi connectivity index (χ1) is 8.26. The second kappa shape index (κ2) is 6.17. The van der Waals surface area contributed by atoms with Gasteiger partial charge in [0.05, 0.1) is 6.10 Å². The molecular formula is C14H28N2O. The number of ether oxygens (including phenoxy) is 1. The topological polar surface area (TPSA) is 38.5 Å². The molecule has 0 bridgehead atoms. The fraction of sp³-hybridized carbons (Fsp3) is 1.00. The fourth-order valence-corrected chi connectivity index (χ4v) is 3.78. The van der Waals surface area contributed by atoms with Crippen molar-refractivity contribution in [2.45, 2.75) is 76.1 Å². The first-order valence-corrected chi connectivity index (χ1v) is 7.26. The van der Waals surface area contributed by atoms with Crippen molar-refractivity contribution >= 4 is 0 Å². The zero-order chi connectivity index (χ0) is 12.3. The van der Waals surface area contributed by atoms with Crippen LogP contribution in [0, 0.1) is 0 Å². The molecule has 2 aliphatic rings. The van der Waals surface area contributed by atoms with Crippen molar-refractivity contribution in [2.75, 3.05) is 13.7 Å². The van der Waals surface area contributed by atoms with Crippen LogP contribution in [0.4, 0.5) is 0 Å². The van der Waals surface area contributed by atoms with Crippen LogP contribution in [-0.4, -0.2) is 42.8 Å². The molecule has 1 aliphatic heterocycles. The van der Waals surface area contributed by atoms with Gasteiger partial charge in [-0.05, 0) is 45.4 Å². The zero-order valence-electron chi connectivity index (χ0n) is 11.4. The molecule has 0 radical (unpaired) electrons. The van der Waals surface area contributed by atoms with E-state index in [1.54, 1.807) is 0 Å². The third kappa shape index (κ3) is 3.01. The van der Waals surface area contributed by atoms with Gasteiger partial charge in [-0.25, -0.2) is 0 Å². The number of rotatable bonds is 3. The van der Waals surface area contributed by atoms with Crippen molar-refractivity contribution in [3.63, 3.8) is 0 Å². The van der Waals surface area contributed by atoms with E-state index in [1.165, 1.54) is 44.9 Å². The molecule has 1 saturated carbocycles. The van der Waals surface area contributed by atoms with Crippen molar-refractivity contribution in [1.29, 1.82) is 0 Å². The van der Waals surface area contributed by atoms with E-state index in [2.05, 4.69) is 11.8 Å². The Morgan fingerprint density at radius 2 is 1.82 bits per heavy atom.